The minimum Gasteiger partial charge on any atom is -0.444 e. The first-order chi connectivity index (χ1) is 5.59. The Hall–Kier alpha value is -0.830. The smallest absolute Gasteiger partial charge is 0.210 e. The van der Waals surface area contributed by atoms with Crippen LogP contribution in [0.25, 0.3) is 0 Å². The van der Waals surface area contributed by atoms with Gasteiger partial charge in [0, 0.05) is 6.42 Å². The number of hydrogen-bond donors (Lipinski definition) is 1. The molecule has 12 heavy (non-hydrogen) atoms. The van der Waals surface area contributed by atoms with Crippen LogP contribution in [0.2, 0.25) is 0 Å². The average Bonchev–Trinajstić information content (AvgIpc) is 2.34. The highest BCUT2D eigenvalue weighted by molar-refractivity contribution is 4.97. The molecule has 1 aromatic rings. The van der Waals surface area contributed by atoms with Crippen molar-refractivity contribution in [1.29, 1.82) is 0 Å². The van der Waals surface area contributed by atoms with Gasteiger partial charge >= 0.3 is 0 Å². The Balaban J connectivity index is 2.64. The van der Waals surface area contributed by atoms with Gasteiger partial charge in [0.2, 0.25) is 5.89 Å². The third-order valence-electron chi connectivity index (χ3n) is 1.57. The molecule has 0 saturated carbocycles. The zero-order chi connectivity index (χ0) is 9.14. The van der Waals surface area contributed by atoms with Gasteiger partial charge in [-0.1, -0.05) is 13.8 Å². The number of nitrogens with two attached hydrogens (primary N) is 1. The van der Waals surface area contributed by atoms with Gasteiger partial charge in [-0.2, -0.15) is 0 Å². The van der Waals surface area contributed by atoms with Crippen molar-refractivity contribution in [3.05, 3.63) is 17.8 Å². The van der Waals surface area contributed by atoms with Crippen LogP contribution >= 0.6 is 0 Å². The van der Waals surface area contributed by atoms with E-state index in [1.54, 1.807) is 6.20 Å². The van der Waals surface area contributed by atoms with Crippen LogP contribution in [0.4, 0.5) is 0 Å². The van der Waals surface area contributed by atoms with Crippen LogP contribution in [0.1, 0.15) is 38.5 Å². The maximum atomic E-state index is 5.60. The van der Waals surface area contributed by atoms with E-state index in [2.05, 4.69) is 18.8 Å². The third-order valence-corrected chi connectivity index (χ3v) is 1.57. The molecule has 1 heterocycles. The van der Waals surface area contributed by atoms with Gasteiger partial charge < -0.3 is 10.2 Å². The maximum absolute atomic E-state index is 5.60. The fraction of sp³-hybridized carbons (Fsp3) is 0.667. The fourth-order valence-electron chi connectivity index (χ4n) is 1.03. The first-order valence-corrected chi connectivity index (χ1v) is 4.29. The van der Waals surface area contributed by atoms with Crippen LogP contribution in [0.3, 0.4) is 0 Å². The first kappa shape index (κ1) is 9.26. The Morgan fingerprint density at radius 3 is 2.58 bits per heavy atom. The minimum atomic E-state index is -0.106. The highest BCUT2D eigenvalue weighted by Crippen LogP contribution is 2.13. The van der Waals surface area contributed by atoms with E-state index in [0.29, 0.717) is 11.8 Å². The lowest BCUT2D eigenvalue weighted by Gasteiger charge is -2.00. The summed E-state index contributed by atoms with van der Waals surface area (Å²) in [6, 6.07) is -0.106. The zero-order valence-electron chi connectivity index (χ0n) is 7.87. The van der Waals surface area contributed by atoms with E-state index in [1.165, 1.54) is 0 Å². The van der Waals surface area contributed by atoms with E-state index in [-0.39, 0.29) is 6.04 Å². The summed E-state index contributed by atoms with van der Waals surface area (Å²) in [6.45, 7) is 6.16. The molecule has 0 aromatic carbocycles. The van der Waals surface area contributed by atoms with E-state index < -0.39 is 0 Å². The predicted octanol–water partition coefficient (Wildman–Crippen LogP) is 1.89. The number of rotatable bonds is 3. The van der Waals surface area contributed by atoms with Crippen LogP contribution in [0, 0.1) is 5.92 Å². The van der Waals surface area contributed by atoms with Crippen molar-refractivity contribution in [3.63, 3.8) is 0 Å². The second kappa shape index (κ2) is 3.72. The molecule has 1 atom stereocenters. The molecule has 0 aliphatic carbocycles. The van der Waals surface area contributed by atoms with Gasteiger partial charge in [-0.05, 0) is 12.8 Å². The molecule has 0 saturated heterocycles. The van der Waals surface area contributed by atoms with Crippen molar-refractivity contribution in [2.75, 3.05) is 0 Å². The zero-order valence-corrected chi connectivity index (χ0v) is 7.87. The Morgan fingerprint density at radius 2 is 2.17 bits per heavy atom. The van der Waals surface area contributed by atoms with Gasteiger partial charge in [0.25, 0.3) is 0 Å². The summed E-state index contributed by atoms with van der Waals surface area (Å²) in [4.78, 5) is 4.08. The summed E-state index contributed by atoms with van der Waals surface area (Å²) in [5.74, 6) is 2.15. The van der Waals surface area contributed by atoms with Gasteiger partial charge in [-0.25, -0.2) is 4.98 Å². The van der Waals surface area contributed by atoms with E-state index >= 15 is 0 Å². The SMILES string of the molecule is CC(C)Cc1cnc(C(C)N)o1. The lowest BCUT2D eigenvalue weighted by molar-refractivity contribution is 0.413. The number of hydrogen-bond acceptors (Lipinski definition) is 3. The van der Waals surface area contributed by atoms with Crippen molar-refractivity contribution in [2.24, 2.45) is 11.7 Å². The number of oxazole rings is 1. The predicted molar refractivity (Wildman–Crippen MR) is 47.6 cm³/mol. The molecule has 1 aromatic heterocycles. The third kappa shape index (κ3) is 2.34. The summed E-state index contributed by atoms with van der Waals surface area (Å²) in [6.07, 6.45) is 2.69. The Bertz CT molecular complexity index is 240. The van der Waals surface area contributed by atoms with E-state index in [0.717, 1.165) is 12.2 Å². The van der Waals surface area contributed by atoms with Crippen molar-refractivity contribution in [2.45, 2.75) is 33.2 Å². The quantitative estimate of drug-likeness (QED) is 0.749. The van der Waals surface area contributed by atoms with E-state index in [1.807, 2.05) is 6.92 Å². The molecule has 0 spiro atoms. The molecular weight excluding hydrogens is 152 g/mol. The summed E-state index contributed by atoms with van der Waals surface area (Å²) in [7, 11) is 0. The second-order valence-corrected chi connectivity index (χ2v) is 3.55. The molecule has 2 N–H and O–H groups in total. The molecule has 1 rings (SSSR count). The lowest BCUT2D eigenvalue weighted by atomic mass is 10.1. The summed E-state index contributed by atoms with van der Waals surface area (Å²) < 4.78 is 5.42. The largest absolute Gasteiger partial charge is 0.444 e. The Kier molecular flexibility index (Phi) is 2.87. The van der Waals surface area contributed by atoms with Crippen molar-refractivity contribution in [1.82, 2.24) is 4.98 Å². The number of nitrogens with zero attached hydrogens (tertiary/aromatic N) is 1. The maximum Gasteiger partial charge on any atom is 0.210 e. The van der Waals surface area contributed by atoms with E-state index in [9.17, 15) is 0 Å². The molecule has 1 unspecified atom stereocenters. The fourth-order valence-corrected chi connectivity index (χ4v) is 1.03. The molecular formula is C9H16N2O. The minimum absolute atomic E-state index is 0.106. The van der Waals surface area contributed by atoms with Crippen LogP contribution in [-0.2, 0) is 6.42 Å². The van der Waals surface area contributed by atoms with Crippen LogP contribution in [0.15, 0.2) is 10.6 Å². The van der Waals surface area contributed by atoms with Gasteiger partial charge in [0.05, 0.1) is 12.2 Å². The van der Waals surface area contributed by atoms with Gasteiger partial charge in [-0.3, -0.25) is 0 Å². The lowest BCUT2D eigenvalue weighted by Crippen LogP contribution is -2.04. The van der Waals surface area contributed by atoms with Crippen molar-refractivity contribution >= 4 is 0 Å². The van der Waals surface area contributed by atoms with E-state index in [4.69, 9.17) is 10.2 Å². The van der Waals surface area contributed by atoms with Crippen LogP contribution in [0.5, 0.6) is 0 Å². The summed E-state index contributed by atoms with van der Waals surface area (Å²) in [5, 5.41) is 0. The monoisotopic (exact) mass is 168 g/mol. The van der Waals surface area contributed by atoms with Crippen molar-refractivity contribution < 1.29 is 4.42 Å². The molecule has 0 aliphatic heterocycles. The Morgan fingerprint density at radius 1 is 1.50 bits per heavy atom. The standard InChI is InChI=1S/C9H16N2O/c1-6(2)4-8-5-11-9(12-8)7(3)10/h5-7H,4,10H2,1-3H3. The van der Waals surface area contributed by atoms with Gasteiger partial charge in [0.1, 0.15) is 5.76 Å². The van der Waals surface area contributed by atoms with Gasteiger partial charge in [0.15, 0.2) is 0 Å². The highest BCUT2D eigenvalue weighted by Gasteiger charge is 2.08. The molecule has 0 fully saturated rings. The second-order valence-electron chi connectivity index (χ2n) is 3.55. The first-order valence-electron chi connectivity index (χ1n) is 4.29. The molecule has 3 heteroatoms. The summed E-state index contributed by atoms with van der Waals surface area (Å²) in [5.41, 5.74) is 5.60. The van der Waals surface area contributed by atoms with Crippen molar-refractivity contribution in [3.8, 4) is 0 Å². The summed E-state index contributed by atoms with van der Waals surface area (Å²) >= 11 is 0. The normalized spacial score (nSPS) is 13.8. The molecule has 3 nitrogen and oxygen atoms in total. The molecule has 68 valence electrons. The van der Waals surface area contributed by atoms with Crippen LogP contribution in [-0.4, -0.2) is 4.98 Å². The highest BCUT2D eigenvalue weighted by atomic mass is 16.4. The molecule has 0 aliphatic rings. The Labute approximate surface area is 73.0 Å². The average molecular weight is 168 g/mol. The molecule has 0 radical (unpaired) electrons. The van der Waals surface area contributed by atoms with Gasteiger partial charge in [-0.15, -0.1) is 0 Å². The molecule has 0 amide bonds. The molecule has 0 bridgehead atoms. The van der Waals surface area contributed by atoms with Crippen LogP contribution < -0.4 is 5.73 Å². The number of aromatic nitrogens is 1. The topological polar surface area (TPSA) is 52.0 Å².